The van der Waals surface area contributed by atoms with Crippen LogP contribution in [0.25, 0.3) is 21.7 Å². The molecule has 1 aliphatic rings. The van der Waals surface area contributed by atoms with Crippen LogP contribution in [0.1, 0.15) is 19.3 Å². The maximum atomic E-state index is 6.15. The van der Waals surface area contributed by atoms with E-state index in [0.29, 0.717) is 10.2 Å². The highest BCUT2D eigenvalue weighted by Gasteiger charge is 2.17. The third-order valence-corrected chi connectivity index (χ3v) is 5.60. The molecule has 128 valence electrons. The molecule has 0 aliphatic carbocycles. The number of hydrogen-bond acceptors (Lipinski definition) is 5. The Bertz CT molecular complexity index is 887. The molecule has 0 spiro atoms. The summed E-state index contributed by atoms with van der Waals surface area (Å²) in [7, 11) is 0. The second kappa shape index (κ2) is 7.02. The molecule has 4 rings (SSSR count). The fraction of sp³-hybridized carbons (Fsp3) is 0.263. The second-order valence-corrected chi connectivity index (χ2v) is 7.66. The minimum absolute atomic E-state index is 0.557. The average Bonchev–Trinajstić information content (AvgIpc) is 3.04. The molecule has 1 saturated heterocycles. The summed E-state index contributed by atoms with van der Waals surface area (Å²) in [6.07, 6.45) is 5.64. The van der Waals surface area contributed by atoms with Crippen molar-refractivity contribution in [1.82, 2.24) is 9.97 Å². The molecule has 1 aromatic carbocycles. The van der Waals surface area contributed by atoms with Gasteiger partial charge in [0.2, 0.25) is 0 Å². The lowest BCUT2D eigenvalue weighted by Crippen LogP contribution is -2.30. The van der Waals surface area contributed by atoms with Gasteiger partial charge in [0, 0.05) is 29.9 Å². The number of rotatable bonds is 3. The van der Waals surface area contributed by atoms with Gasteiger partial charge in [0.25, 0.3) is 0 Å². The van der Waals surface area contributed by atoms with Gasteiger partial charge in [-0.15, -0.1) is 0 Å². The van der Waals surface area contributed by atoms with Crippen LogP contribution in [-0.4, -0.2) is 23.1 Å². The first kappa shape index (κ1) is 16.4. The Morgan fingerprint density at radius 2 is 1.88 bits per heavy atom. The Balaban J connectivity index is 1.75. The van der Waals surface area contributed by atoms with Crippen molar-refractivity contribution in [2.45, 2.75) is 19.3 Å². The van der Waals surface area contributed by atoms with Crippen LogP contribution >= 0.6 is 22.9 Å². The van der Waals surface area contributed by atoms with E-state index < -0.39 is 0 Å². The van der Waals surface area contributed by atoms with Crippen LogP contribution in [-0.2, 0) is 0 Å². The highest BCUT2D eigenvalue weighted by molar-refractivity contribution is 7.19. The molecule has 1 fully saturated rings. The maximum absolute atomic E-state index is 6.15. The van der Waals surface area contributed by atoms with Gasteiger partial charge in [-0.3, -0.25) is 0 Å². The number of halogens is 1. The number of nitrogen functional groups attached to an aromatic ring is 1. The Hall–Kier alpha value is -2.11. The molecule has 0 saturated carbocycles. The summed E-state index contributed by atoms with van der Waals surface area (Å²) in [5.74, 6) is 1.03. The number of nitrogens with two attached hydrogens (primary N) is 1. The molecule has 0 unspecified atom stereocenters. The van der Waals surface area contributed by atoms with E-state index in [1.165, 1.54) is 30.6 Å². The summed E-state index contributed by atoms with van der Waals surface area (Å²) >= 11 is 7.66. The minimum atomic E-state index is 0.557. The molecule has 2 N–H and O–H groups in total. The zero-order chi connectivity index (χ0) is 17.2. The standard InChI is InChI=1S/C19H19ClN4S/c20-15-6-4-5-13(11-15)17-18(25-19(21)23-17)14-7-8-22-16(12-14)24-9-2-1-3-10-24/h4-8,11-12H,1-3,9-10H2,(H2,21,23). The lowest BCUT2D eigenvalue weighted by atomic mass is 10.1. The predicted octanol–water partition coefficient (Wildman–Crippen LogP) is 5.10. The van der Waals surface area contributed by atoms with E-state index in [9.17, 15) is 0 Å². The number of piperidine rings is 1. The van der Waals surface area contributed by atoms with Gasteiger partial charge in [-0.05, 0) is 49.1 Å². The van der Waals surface area contributed by atoms with Gasteiger partial charge in [-0.2, -0.15) is 0 Å². The van der Waals surface area contributed by atoms with E-state index >= 15 is 0 Å². The third kappa shape index (κ3) is 3.48. The summed E-state index contributed by atoms with van der Waals surface area (Å²) in [5.41, 5.74) is 8.97. The molecule has 1 aliphatic heterocycles. The molecule has 2 aromatic heterocycles. The fourth-order valence-electron chi connectivity index (χ4n) is 3.22. The first-order valence-electron chi connectivity index (χ1n) is 8.44. The van der Waals surface area contributed by atoms with Crippen molar-refractivity contribution < 1.29 is 0 Å². The molecule has 0 bridgehead atoms. The van der Waals surface area contributed by atoms with Crippen molar-refractivity contribution in [1.29, 1.82) is 0 Å². The zero-order valence-corrected chi connectivity index (χ0v) is 15.4. The third-order valence-electron chi connectivity index (χ3n) is 4.43. The van der Waals surface area contributed by atoms with Gasteiger partial charge >= 0.3 is 0 Å². The lowest BCUT2D eigenvalue weighted by molar-refractivity contribution is 0.573. The van der Waals surface area contributed by atoms with Gasteiger partial charge in [0.1, 0.15) is 5.82 Å². The molecule has 0 radical (unpaired) electrons. The van der Waals surface area contributed by atoms with Gasteiger partial charge in [-0.25, -0.2) is 9.97 Å². The molecule has 4 nitrogen and oxygen atoms in total. The number of hydrogen-bond donors (Lipinski definition) is 1. The van der Waals surface area contributed by atoms with E-state index in [-0.39, 0.29) is 0 Å². The summed E-state index contributed by atoms with van der Waals surface area (Å²) in [4.78, 5) is 12.5. The Labute approximate surface area is 156 Å². The van der Waals surface area contributed by atoms with Gasteiger partial charge in [-0.1, -0.05) is 35.1 Å². The molecule has 3 aromatic rings. The maximum Gasteiger partial charge on any atom is 0.181 e. The number of nitrogens with zero attached hydrogens (tertiary/aromatic N) is 3. The number of pyridine rings is 1. The van der Waals surface area contributed by atoms with E-state index in [4.69, 9.17) is 17.3 Å². The van der Waals surface area contributed by atoms with Crippen molar-refractivity contribution in [2.24, 2.45) is 0 Å². The molecule has 25 heavy (non-hydrogen) atoms. The smallest absolute Gasteiger partial charge is 0.181 e. The Morgan fingerprint density at radius 1 is 1.04 bits per heavy atom. The highest BCUT2D eigenvalue weighted by Crippen LogP contribution is 2.39. The van der Waals surface area contributed by atoms with Gasteiger partial charge in [0.05, 0.1) is 10.6 Å². The molecule has 6 heteroatoms. The molecule has 0 amide bonds. The van der Waals surface area contributed by atoms with Crippen molar-refractivity contribution in [3.63, 3.8) is 0 Å². The minimum Gasteiger partial charge on any atom is -0.375 e. The van der Waals surface area contributed by atoms with Crippen molar-refractivity contribution in [3.05, 3.63) is 47.6 Å². The SMILES string of the molecule is Nc1nc(-c2cccc(Cl)c2)c(-c2ccnc(N3CCCCC3)c2)s1. The summed E-state index contributed by atoms with van der Waals surface area (Å²) in [6.45, 7) is 2.14. The summed E-state index contributed by atoms with van der Waals surface area (Å²) in [5, 5.41) is 1.25. The Morgan fingerprint density at radius 3 is 2.68 bits per heavy atom. The highest BCUT2D eigenvalue weighted by atomic mass is 35.5. The molecular formula is C19H19ClN4S. The van der Waals surface area contributed by atoms with Crippen LogP contribution in [0.15, 0.2) is 42.6 Å². The van der Waals surface area contributed by atoms with Crippen molar-refractivity contribution >= 4 is 33.9 Å². The average molecular weight is 371 g/mol. The van der Waals surface area contributed by atoms with E-state index in [2.05, 4.69) is 20.9 Å². The normalized spacial score (nSPS) is 14.7. The van der Waals surface area contributed by atoms with Crippen LogP contribution in [0.4, 0.5) is 10.9 Å². The number of anilines is 2. The second-order valence-electron chi connectivity index (χ2n) is 6.19. The molecular weight excluding hydrogens is 352 g/mol. The lowest BCUT2D eigenvalue weighted by Gasteiger charge is -2.27. The van der Waals surface area contributed by atoms with E-state index in [1.807, 2.05) is 36.5 Å². The number of benzene rings is 1. The monoisotopic (exact) mass is 370 g/mol. The molecule has 3 heterocycles. The predicted molar refractivity (Wildman–Crippen MR) is 106 cm³/mol. The number of thiazole rings is 1. The van der Waals surface area contributed by atoms with Crippen LogP contribution in [0.5, 0.6) is 0 Å². The first-order valence-corrected chi connectivity index (χ1v) is 9.64. The zero-order valence-electron chi connectivity index (χ0n) is 13.8. The van der Waals surface area contributed by atoms with Gasteiger partial charge < -0.3 is 10.6 Å². The van der Waals surface area contributed by atoms with Crippen LogP contribution < -0.4 is 10.6 Å². The fourth-order valence-corrected chi connectivity index (χ4v) is 4.26. The number of aromatic nitrogens is 2. The van der Waals surface area contributed by atoms with Crippen molar-refractivity contribution in [2.75, 3.05) is 23.7 Å². The Kier molecular flexibility index (Phi) is 4.59. The van der Waals surface area contributed by atoms with Crippen LogP contribution in [0, 0.1) is 0 Å². The van der Waals surface area contributed by atoms with Crippen LogP contribution in [0.2, 0.25) is 5.02 Å². The molecule has 0 atom stereocenters. The van der Waals surface area contributed by atoms with E-state index in [0.717, 1.165) is 40.6 Å². The summed E-state index contributed by atoms with van der Waals surface area (Å²) in [6, 6.07) is 11.9. The quantitative estimate of drug-likeness (QED) is 0.697. The topological polar surface area (TPSA) is 55.0 Å². The van der Waals surface area contributed by atoms with Crippen molar-refractivity contribution in [3.8, 4) is 21.7 Å². The van der Waals surface area contributed by atoms with Gasteiger partial charge in [0.15, 0.2) is 5.13 Å². The first-order chi connectivity index (χ1) is 12.2. The largest absolute Gasteiger partial charge is 0.375 e. The summed E-state index contributed by atoms with van der Waals surface area (Å²) < 4.78 is 0. The van der Waals surface area contributed by atoms with E-state index in [1.54, 1.807) is 0 Å². The van der Waals surface area contributed by atoms with Crippen LogP contribution in [0.3, 0.4) is 0 Å².